The average molecular weight is 189 g/mol. The van der Waals surface area contributed by atoms with Crippen LogP contribution in [0.3, 0.4) is 0 Å². The first-order valence-electron chi connectivity index (χ1n) is 5.43. The van der Waals surface area contributed by atoms with E-state index in [0.29, 0.717) is 0 Å². The van der Waals surface area contributed by atoms with Crippen LogP contribution in [0.1, 0.15) is 32.1 Å². The Bertz CT molecular complexity index is 332. The van der Waals surface area contributed by atoms with Crippen molar-refractivity contribution >= 4 is 0 Å². The van der Waals surface area contributed by atoms with Crippen molar-refractivity contribution in [2.45, 2.75) is 37.7 Å². The quantitative estimate of drug-likeness (QED) is 0.632. The number of dihydropyridines is 1. The Hall–Kier alpha value is -1.18. The molecule has 0 bridgehead atoms. The van der Waals surface area contributed by atoms with Gasteiger partial charge in [-0.3, -0.25) is 0 Å². The fraction of sp³-hybridized carbons (Fsp3) is 0.500. The molecule has 2 heterocycles. The minimum atomic E-state index is 0.0192. The van der Waals surface area contributed by atoms with E-state index in [9.17, 15) is 0 Å². The van der Waals surface area contributed by atoms with E-state index >= 15 is 0 Å². The van der Waals surface area contributed by atoms with Crippen LogP contribution >= 0.6 is 0 Å². The zero-order valence-electron chi connectivity index (χ0n) is 8.25. The van der Waals surface area contributed by atoms with Crippen LogP contribution < -0.4 is 5.32 Å². The van der Waals surface area contributed by atoms with Crippen LogP contribution in [0.25, 0.3) is 0 Å². The number of hydrogen-bond acceptors (Lipinski definition) is 2. The Balaban J connectivity index is 1.95. The highest BCUT2D eigenvalue weighted by atomic mass is 16.5. The highest BCUT2D eigenvalue weighted by Crippen LogP contribution is 2.44. The molecule has 0 radical (unpaired) electrons. The van der Waals surface area contributed by atoms with Crippen LogP contribution in [0.4, 0.5) is 0 Å². The molecule has 3 aliphatic rings. The van der Waals surface area contributed by atoms with Crippen molar-refractivity contribution in [3.8, 4) is 0 Å². The molecule has 0 aromatic heterocycles. The number of rotatable bonds is 0. The lowest BCUT2D eigenvalue weighted by atomic mass is 9.78. The second kappa shape index (κ2) is 2.91. The van der Waals surface area contributed by atoms with E-state index in [4.69, 9.17) is 4.74 Å². The number of allylic oxidation sites excluding steroid dienone is 2. The van der Waals surface area contributed by atoms with Gasteiger partial charge in [0.2, 0.25) is 0 Å². The van der Waals surface area contributed by atoms with Crippen molar-refractivity contribution in [1.29, 1.82) is 0 Å². The summed E-state index contributed by atoms with van der Waals surface area (Å²) < 4.78 is 5.90. The molecule has 0 saturated heterocycles. The maximum absolute atomic E-state index is 5.90. The number of hydrogen-bond donors (Lipinski definition) is 1. The summed E-state index contributed by atoms with van der Waals surface area (Å²) in [5, 5.41) is 3.24. The smallest absolute Gasteiger partial charge is 0.135 e. The van der Waals surface area contributed by atoms with Gasteiger partial charge >= 0.3 is 0 Å². The molecule has 1 N–H and O–H groups in total. The molecule has 0 amide bonds. The van der Waals surface area contributed by atoms with Crippen molar-refractivity contribution in [3.05, 3.63) is 35.9 Å². The van der Waals surface area contributed by atoms with Crippen LogP contribution in [-0.2, 0) is 4.74 Å². The fourth-order valence-corrected chi connectivity index (χ4v) is 2.69. The number of nitrogens with one attached hydrogen (secondary N) is 1. The number of fused-ring (bicyclic) bond motifs is 2. The summed E-state index contributed by atoms with van der Waals surface area (Å²) in [6.45, 7) is 0. The molecule has 1 aliphatic carbocycles. The number of ether oxygens (including phenoxy) is 1. The van der Waals surface area contributed by atoms with Gasteiger partial charge in [0, 0.05) is 11.8 Å². The standard InChI is InChI=1S/C12H15NO/c1-2-6-12(7-3-1)10-5-4-8-13-11(10)9-14-12/h4-5,8-9,13H,1-3,6-7H2. The van der Waals surface area contributed by atoms with Crippen LogP contribution in [0, 0.1) is 0 Å². The predicted octanol–water partition coefficient (Wildman–Crippen LogP) is 2.60. The summed E-state index contributed by atoms with van der Waals surface area (Å²) in [7, 11) is 0. The second-order valence-electron chi connectivity index (χ2n) is 4.29. The Kier molecular flexibility index (Phi) is 1.69. The molecule has 2 nitrogen and oxygen atoms in total. The van der Waals surface area contributed by atoms with Crippen LogP contribution in [0.15, 0.2) is 35.9 Å². The highest BCUT2D eigenvalue weighted by Gasteiger charge is 2.42. The monoisotopic (exact) mass is 189 g/mol. The van der Waals surface area contributed by atoms with Crippen LogP contribution in [0.2, 0.25) is 0 Å². The molecule has 74 valence electrons. The zero-order chi connectivity index (χ0) is 9.43. The molecular formula is C12H15NO. The SMILES string of the molecule is C1=CNC2=COC3(CCCCC3)C2=C1. The van der Waals surface area contributed by atoms with Crippen molar-refractivity contribution in [2.75, 3.05) is 0 Å². The Labute approximate surface area is 84.3 Å². The zero-order valence-corrected chi connectivity index (χ0v) is 8.25. The lowest BCUT2D eigenvalue weighted by molar-refractivity contribution is 0.0388. The molecular weight excluding hydrogens is 174 g/mol. The molecule has 2 aliphatic heterocycles. The third-order valence-corrected chi connectivity index (χ3v) is 3.44. The third-order valence-electron chi connectivity index (χ3n) is 3.44. The van der Waals surface area contributed by atoms with Gasteiger partial charge in [-0.1, -0.05) is 12.5 Å². The minimum Gasteiger partial charge on any atom is -0.488 e. The lowest BCUT2D eigenvalue weighted by Gasteiger charge is -2.34. The summed E-state index contributed by atoms with van der Waals surface area (Å²) in [6, 6.07) is 0. The first-order chi connectivity index (χ1) is 6.91. The van der Waals surface area contributed by atoms with Gasteiger partial charge in [-0.2, -0.15) is 0 Å². The fourth-order valence-electron chi connectivity index (χ4n) is 2.69. The molecule has 1 fully saturated rings. The molecule has 0 aromatic rings. The van der Waals surface area contributed by atoms with E-state index in [-0.39, 0.29) is 5.60 Å². The summed E-state index contributed by atoms with van der Waals surface area (Å²) in [5.41, 5.74) is 2.54. The van der Waals surface area contributed by atoms with E-state index in [1.54, 1.807) is 0 Å². The summed E-state index contributed by atoms with van der Waals surface area (Å²) in [5.74, 6) is 0. The van der Waals surface area contributed by atoms with E-state index in [2.05, 4.69) is 17.5 Å². The first kappa shape index (κ1) is 8.16. The molecule has 14 heavy (non-hydrogen) atoms. The maximum Gasteiger partial charge on any atom is 0.135 e. The van der Waals surface area contributed by atoms with Gasteiger partial charge in [-0.15, -0.1) is 0 Å². The molecule has 1 spiro atoms. The Morgan fingerprint density at radius 2 is 2.07 bits per heavy atom. The molecule has 1 saturated carbocycles. The van der Waals surface area contributed by atoms with Gasteiger partial charge in [0.1, 0.15) is 11.9 Å². The summed E-state index contributed by atoms with van der Waals surface area (Å²) in [6.07, 6.45) is 14.4. The topological polar surface area (TPSA) is 21.3 Å². The maximum atomic E-state index is 5.90. The molecule has 2 heteroatoms. The van der Waals surface area contributed by atoms with Gasteiger partial charge in [0.05, 0.1) is 5.70 Å². The largest absolute Gasteiger partial charge is 0.488 e. The van der Waals surface area contributed by atoms with Gasteiger partial charge in [0.25, 0.3) is 0 Å². The van der Waals surface area contributed by atoms with Crippen LogP contribution in [-0.4, -0.2) is 5.60 Å². The van der Waals surface area contributed by atoms with E-state index in [1.807, 2.05) is 12.5 Å². The van der Waals surface area contributed by atoms with Gasteiger partial charge in [-0.05, 0) is 31.8 Å². The highest BCUT2D eigenvalue weighted by molar-refractivity contribution is 5.46. The minimum absolute atomic E-state index is 0.0192. The third kappa shape index (κ3) is 1.03. The lowest BCUT2D eigenvalue weighted by Crippen LogP contribution is -2.34. The second-order valence-corrected chi connectivity index (χ2v) is 4.29. The van der Waals surface area contributed by atoms with Gasteiger partial charge < -0.3 is 10.1 Å². The van der Waals surface area contributed by atoms with Crippen LogP contribution in [0.5, 0.6) is 0 Å². The Morgan fingerprint density at radius 1 is 1.21 bits per heavy atom. The molecule has 3 rings (SSSR count). The summed E-state index contributed by atoms with van der Waals surface area (Å²) >= 11 is 0. The van der Waals surface area contributed by atoms with Gasteiger partial charge in [-0.25, -0.2) is 0 Å². The average Bonchev–Trinajstić information content (AvgIpc) is 2.60. The molecule has 0 aromatic carbocycles. The van der Waals surface area contributed by atoms with Gasteiger partial charge in [0.15, 0.2) is 0 Å². The van der Waals surface area contributed by atoms with E-state index in [0.717, 1.165) is 5.70 Å². The van der Waals surface area contributed by atoms with Crippen molar-refractivity contribution in [1.82, 2.24) is 5.32 Å². The predicted molar refractivity (Wildman–Crippen MR) is 55.3 cm³/mol. The van der Waals surface area contributed by atoms with E-state index in [1.165, 1.54) is 37.7 Å². The Morgan fingerprint density at radius 3 is 2.93 bits per heavy atom. The summed E-state index contributed by atoms with van der Waals surface area (Å²) in [4.78, 5) is 0. The normalized spacial score (nSPS) is 27.4. The van der Waals surface area contributed by atoms with Crippen molar-refractivity contribution in [2.24, 2.45) is 0 Å². The molecule has 0 unspecified atom stereocenters. The van der Waals surface area contributed by atoms with Crippen molar-refractivity contribution in [3.63, 3.8) is 0 Å². The van der Waals surface area contributed by atoms with E-state index < -0.39 is 0 Å². The van der Waals surface area contributed by atoms with Crippen molar-refractivity contribution < 1.29 is 4.74 Å². The molecule has 0 atom stereocenters. The first-order valence-corrected chi connectivity index (χ1v) is 5.43.